The second-order valence-corrected chi connectivity index (χ2v) is 9.10. The van der Waals surface area contributed by atoms with Crippen LogP contribution in [0.5, 0.6) is 0 Å². The van der Waals surface area contributed by atoms with E-state index < -0.39 is 0 Å². The number of hydrogen-bond acceptors (Lipinski definition) is 6. The molecule has 2 saturated heterocycles. The number of benzene rings is 1. The molecule has 2 aliphatic heterocycles. The third-order valence-corrected chi connectivity index (χ3v) is 7.03. The zero-order valence-corrected chi connectivity index (χ0v) is 17.7. The first-order chi connectivity index (χ1) is 14.0. The number of fused-ring (bicyclic) bond motifs is 1. The summed E-state index contributed by atoms with van der Waals surface area (Å²) >= 11 is 1.71. The molecule has 2 aromatic rings. The summed E-state index contributed by atoms with van der Waals surface area (Å²) in [5.74, 6) is 0.0102. The van der Waals surface area contributed by atoms with Crippen molar-refractivity contribution in [3.8, 4) is 0 Å². The molecule has 0 saturated carbocycles. The van der Waals surface area contributed by atoms with Crippen LogP contribution in [0.25, 0.3) is 10.2 Å². The Balaban J connectivity index is 1.42. The highest BCUT2D eigenvalue weighted by atomic mass is 32.1. The maximum absolute atomic E-state index is 13.2. The van der Waals surface area contributed by atoms with E-state index in [1.165, 1.54) is 4.70 Å². The lowest BCUT2D eigenvalue weighted by molar-refractivity contribution is -0.137. The molecule has 2 N–H and O–H groups in total. The standard InChI is InChI=1S/C21H29N5O2S/c1-15(27)26-13-16(7-8-17(22)14-26)20(28)24-9-4-10-25(12-11-24)21-23-18-5-2-3-6-19(18)29-21/h2-3,5-6,16-17H,4,7-14,22H2,1H3/t16-,17+/m1/s1. The van der Waals surface area contributed by atoms with E-state index in [4.69, 9.17) is 10.7 Å². The third-order valence-electron chi connectivity index (χ3n) is 5.94. The number of anilines is 1. The summed E-state index contributed by atoms with van der Waals surface area (Å²) in [6.07, 6.45) is 2.46. The van der Waals surface area contributed by atoms with Gasteiger partial charge in [-0.1, -0.05) is 23.5 Å². The second-order valence-electron chi connectivity index (χ2n) is 8.09. The maximum atomic E-state index is 13.2. The minimum atomic E-state index is -0.151. The van der Waals surface area contributed by atoms with Crippen LogP contribution in [0, 0.1) is 5.92 Å². The Labute approximate surface area is 175 Å². The molecule has 2 aliphatic rings. The minimum absolute atomic E-state index is 0.00183. The van der Waals surface area contributed by atoms with E-state index in [1.807, 2.05) is 23.1 Å². The molecule has 2 amide bonds. The van der Waals surface area contributed by atoms with Crippen molar-refractivity contribution in [2.45, 2.75) is 32.2 Å². The number of nitrogens with two attached hydrogens (primary N) is 1. The van der Waals surface area contributed by atoms with Gasteiger partial charge in [-0.05, 0) is 31.4 Å². The number of likely N-dealkylation sites (tertiary alicyclic amines) is 1. The van der Waals surface area contributed by atoms with Crippen LogP contribution in [-0.4, -0.2) is 71.9 Å². The molecule has 0 spiro atoms. The van der Waals surface area contributed by atoms with Gasteiger partial charge in [0.1, 0.15) is 0 Å². The van der Waals surface area contributed by atoms with E-state index in [2.05, 4.69) is 11.0 Å². The van der Waals surface area contributed by atoms with Crippen LogP contribution in [0.2, 0.25) is 0 Å². The van der Waals surface area contributed by atoms with E-state index >= 15 is 0 Å². The van der Waals surface area contributed by atoms with Crippen molar-refractivity contribution in [2.24, 2.45) is 11.7 Å². The topological polar surface area (TPSA) is 82.8 Å². The van der Waals surface area contributed by atoms with E-state index in [0.29, 0.717) is 19.6 Å². The predicted octanol–water partition coefficient (Wildman–Crippen LogP) is 1.92. The third kappa shape index (κ3) is 4.53. The number of carbonyl (C=O) groups excluding carboxylic acids is 2. The highest BCUT2D eigenvalue weighted by Gasteiger charge is 2.32. The lowest BCUT2D eigenvalue weighted by Gasteiger charge is -2.28. The summed E-state index contributed by atoms with van der Waals surface area (Å²) < 4.78 is 1.19. The molecule has 29 heavy (non-hydrogen) atoms. The molecule has 0 bridgehead atoms. The number of thiazole rings is 1. The van der Waals surface area contributed by atoms with Gasteiger partial charge in [0, 0.05) is 52.2 Å². The molecule has 0 aliphatic carbocycles. The Bertz CT molecular complexity index is 852. The van der Waals surface area contributed by atoms with Crippen LogP contribution in [0.15, 0.2) is 24.3 Å². The monoisotopic (exact) mass is 415 g/mol. The number of hydrogen-bond donors (Lipinski definition) is 1. The molecular weight excluding hydrogens is 386 g/mol. The number of para-hydroxylation sites is 1. The molecule has 7 nitrogen and oxygen atoms in total. The second kappa shape index (κ2) is 8.67. The van der Waals surface area contributed by atoms with E-state index in [1.54, 1.807) is 23.2 Å². The van der Waals surface area contributed by atoms with Gasteiger partial charge in [-0.15, -0.1) is 0 Å². The maximum Gasteiger partial charge on any atom is 0.227 e. The number of rotatable bonds is 2. The molecule has 8 heteroatoms. The molecule has 2 atom stereocenters. The Morgan fingerprint density at radius 3 is 2.69 bits per heavy atom. The van der Waals surface area contributed by atoms with Gasteiger partial charge in [-0.2, -0.15) is 0 Å². The summed E-state index contributed by atoms with van der Waals surface area (Å²) in [4.78, 5) is 35.9. The fourth-order valence-corrected chi connectivity index (χ4v) is 5.28. The number of carbonyl (C=O) groups is 2. The Morgan fingerprint density at radius 1 is 1.07 bits per heavy atom. The van der Waals surface area contributed by atoms with Gasteiger partial charge in [-0.25, -0.2) is 4.98 Å². The summed E-state index contributed by atoms with van der Waals surface area (Å²) in [5.41, 5.74) is 7.14. The highest BCUT2D eigenvalue weighted by molar-refractivity contribution is 7.22. The Hall–Kier alpha value is -2.19. The van der Waals surface area contributed by atoms with Crippen LogP contribution in [0.3, 0.4) is 0 Å². The zero-order chi connectivity index (χ0) is 20.4. The summed E-state index contributed by atoms with van der Waals surface area (Å²) in [7, 11) is 0. The van der Waals surface area contributed by atoms with Crippen LogP contribution >= 0.6 is 11.3 Å². The SMILES string of the molecule is CC(=O)N1C[C@@H](N)CC[C@@H](C(=O)N2CCCN(c3nc4ccccc4s3)CC2)C1. The molecule has 4 rings (SSSR count). The van der Waals surface area contributed by atoms with Gasteiger partial charge in [0.05, 0.1) is 16.1 Å². The first-order valence-electron chi connectivity index (χ1n) is 10.4. The Morgan fingerprint density at radius 2 is 1.90 bits per heavy atom. The van der Waals surface area contributed by atoms with Crippen molar-refractivity contribution in [1.29, 1.82) is 0 Å². The summed E-state index contributed by atoms with van der Waals surface area (Å²) in [6, 6.07) is 8.14. The average molecular weight is 416 g/mol. The predicted molar refractivity (Wildman–Crippen MR) is 116 cm³/mol. The van der Waals surface area contributed by atoms with Crippen molar-refractivity contribution in [3.05, 3.63) is 24.3 Å². The Kier molecular flexibility index (Phi) is 6.01. The van der Waals surface area contributed by atoms with E-state index in [-0.39, 0.29) is 23.8 Å². The minimum Gasteiger partial charge on any atom is -0.346 e. The molecule has 0 unspecified atom stereocenters. The zero-order valence-electron chi connectivity index (χ0n) is 16.9. The number of aromatic nitrogens is 1. The van der Waals surface area contributed by atoms with Crippen molar-refractivity contribution >= 4 is 38.5 Å². The molecular formula is C21H29N5O2S. The van der Waals surface area contributed by atoms with Gasteiger partial charge < -0.3 is 20.4 Å². The lowest BCUT2D eigenvalue weighted by atomic mass is 10.0. The summed E-state index contributed by atoms with van der Waals surface area (Å²) in [6.45, 7) is 5.72. The van der Waals surface area contributed by atoms with Gasteiger partial charge in [-0.3, -0.25) is 9.59 Å². The molecule has 0 radical (unpaired) electrons. The van der Waals surface area contributed by atoms with Gasteiger partial charge in [0.15, 0.2) is 5.13 Å². The van der Waals surface area contributed by atoms with Crippen molar-refractivity contribution in [2.75, 3.05) is 44.2 Å². The smallest absolute Gasteiger partial charge is 0.227 e. The fourth-order valence-electron chi connectivity index (χ4n) is 4.26. The fraction of sp³-hybridized carbons (Fsp3) is 0.571. The summed E-state index contributed by atoms with van der Waals surface area (Å²) in [5, 5.41) is 1.03. The molecule has 156 valence electrons. The molecule has 3 heterocycles. The van der Waals surface area contributed by atoms with E-state index in [0.717, 1.165) is 49.5 Å². The average Bonchev–Trinajstić information content (AvgIpc) is 2.86. The van der Waals surface area contributed by atoms with Crippen molar-refractivity contribution in [1.82, 2.24) is 14.8 Å². The normalized spacial score (nSPS) is 23.7. The lowest BCUT2D eigenvalue weighted by Crippen LogP contribution is -2.44. The van der Waals surface area contributed by atoms with Crippen LogP contribution < -0.4 is 10.6 Å². The quantitative estimate of drug-likeness (QED) is 0.810. The van der Waals surface area contributed by atoms with Gasteiger partial charge >= 0.3 is 0 Å². The molecule has 1 aromatic heterocycles. The molecule has 2 fully saturated rings. The van der Waals surface area contributed by atoms with Gasteiger partial charge in [0.2, 0.25) is 11.8 Å². The number of amides is 2. The van der Waals surface area contributed by atoms with Crippen LogP contribution in [0.4, 0.5) is 5.13 Å². The van der Waals surface area contributed by atoms with Crippen molar-refractivity contribution in [3.63, 3.8) is 0 Å². The first-order valence-corrected chi connectivity index (χ1v) is 11.2. The largest absolute Gasteiger partial charge is 0.346 e. The first kappa shape index (κ1) is 20.1. The van der Waals surface area contributed by atoms with Gasteiger partial charge in [0.25, 0.3) is 0 Å². The van der Waals surface area contributed by atoms with Crippen molar-refractivity contribution < 1.29 is 9.59 Å². The van der Waals surface area contributed by atoms with E-state index in [9.17, 15) is 9.59 Å². The van der Waals surface area contributed by atoms with Crippen LogP contribution in [-0.2, 0) is 9.59 Å². The molecule has 1 aromatic carbocycles. The van der Waals surface area contributed by atoms with Crippen LogP contribution in [0.1, 0.15) is 26.2 Å². The highest BCUT2D eigenvalue weighted by Crippen LogP contribution is 2.29. The number of nitrogens with zero attached hydrogens (tertiary/aromatic N) is 4.